The Morgan fingerprint density at radius 2 is 2.18 bits per heavy atom. The number of hydrogen-bond donors (Lipinski definition) is 2. The molecule has 0 fully saturated rings. The highest BCUT2D eigenvalue weighted by molar-refractivity contribution is 5.89. The molecule has 11 heavy (non-hydrogen) atoms. The average Bonchev–Trinajstić information content (AvgIpc) is 1.85. The van der Waals surface area contributed by atoms with E-state index in [1.54, 1.807) is 12.2 Å². The van der Waals surface area contributed by atoms with Gasteiger partial charge in [0.2, 0.25) is 0 Å². The van der Waals surface area contributed by atoms with Gasteiger partial charge in [-0.3, -0.25) is 0 Å². The van der Waals surface area contributed by atoms with Crippen LogP contribution in [0.4, 0.5) is 9.59 Å². The lowest BCUT2D eigenvalue weighted by Gasteiger charge is -2.09. The van der Waals surface area contributed by atoms with E-state index in [0.717, 1.165) is 0 Å². The monoisotopic (exact) mass is 160 g/mol. The van der Waals surface area contributed by atoms with E-state index < -0.39 is 12.1 Å². The predicted octanol–water partition coefficient (Wildman–Crippen LogP) is 0.590. The van der Waals surface area contributed by atoms with Crippen molar-refractivity contribution in [2.75, 3.05) is 0 Å². The van der Waals surface area contributed by atoms with Gasteiger partial charge in [-0.05, 0) is 13.3 Å². The lowest BCUT2D eigenvalue weighted by Crippen LogP contribution is -2.36. The van der Waals surface area contributed by atoms with Crippen LogP contribution in [0.2, 0.25) is 0 Å². The van der Waals surface area contributed by atoms with E-state index in [0.29, 0.717) is 6.42 Å². The molecular weight excluding hydrogens is 148 g/mol. The first-order chi connectivity index (χ1) is 5.06. The van der Waals surface area contributed by atoms with E-state index in [2.05, 4.69) is 10.5 Å². The smallest absolute Gasteiger partial charge is 0.415 e. The van der Waals surface area contributed by atoms with E-state index >= 15 is 0 Å². The van der Waals surface area contributed by atoms with Crippen LogP contribution in [0.25, 0.3) is 0 Å². The maximum absolute atomic E-state index is 10.6. The number of alkyl carbamates (subject to hydrolysis) is 1. The lowest BCUT2D eigenvalue weighted by molar-refractivity contribution is 0.107. The molecule has 0 rings (SSSR count). The second-order valence-corrected chi connectivity index (χ2v) is 2.11. The first-order valence-electron chi connectivity index (χ1n) is 3.33. The zero-order chi connectivity index (χ0) is 8.85. The predicted molar refractivity (Wildman–Crippen MR) is 39.0 cm³/mol. The summed E-state index contributed by atoms with van der Waals surface area (Å²) < 4.78 is 4.66. The van der Waals surface area contributed by atoms with Crippen molar-refractivity contribution in [1.29, 1.82) is 0 Å². The number of imide groups is 1. The summed E-state index contributed by atoms with van der Waals surface area (Å²) >= 11 is 0. The molecule has 0 heterocycles. The number of nitrogens with two attached hydrogens (primary N) is 1. The Hall–Kier alpha value is -1.26. The number of rotatable bonds is 2. The Bertz CT molecular complexity index is 158. The fourth-order valence-corrected chi connectivity index (χ4v) is 0.396. The summed E-state index contributed by atoms with van der Waals surface area (Å²) in [5.74, 6) is 0. The molecule has 5 nitrogen and oxygen atoms in total. The fraction of sp³-hybridized carbons (Fsp3) is 0.667. The van der Waals surface area contributed by atoms with Gasteiger partial charge in [-0.25, -0.2) is 14.9 Å². The second-order valence-electron chi connectivity index (χ2n) is 2.11. The third kappa shape index (κ3) is 5.20. The molecule has 0 saturated heterocycles. The number of primary amides is 1. The fourth-order valence-electron chi connectivity index (χ4n) is 0.396. The topological polar surface area (TPSA) is 81.4 Å². The van der Waals surface area contributed by atoms with Crippen LogP contribution in [0.3, 0.4) is 0 Å². The van der Waals surface area contributed by atoms with Gasteiger partial charge in [0.05, 0.1) is 0 Å². The third-order valence-electron chi connectivity index (χ3n) is 1.11. The van der Waals surface area contributed by atoms with Crippen LogP contribution in [-0.4, -0.2) is 18.2 Å². The van der Waals surface area contributed by atoms with Crippen LogP contribution in [0, 0.1) is 0 Å². The van der Waals surface area contributed by atoms with Gasteiger partial charge in [-0.2, -0.15) is 0 Å². The molecule has 0 aromatic carbocycles. The molecule has 0 aliphatic rings. The number of carbonyl (C=O) groups excluding carboxylic acids is 2. The van der Waals surface area contributed by atoms with Crippen molar-refractivity contribution in [3.63, 3.8) is 0 Å². The largest absolute Gasteiger partial charge is 0.446 e. The molecule has 5 heteroatoms. The van der Waals surface area contributed by atoms with Gasteiger partial charge in [-0.15, -0.1) is 0 Å². The molecule has 0 saturated carbocycles. The van der Waals surface area contributed by atoms with Crippen LogP contribution < -0.4 is 11.1 Å². The number of amides is 3. The highest BCUT2D eigenvalue weighted by atomic mass is 16.6. The van der Waals surface area contributed by atoms with Crippen molar-refractivity contribution in [2.24, 2.45) is 5.73 Å². The Morgan fingerprint density at radius 3 is 2.55 bits per heavy atom. The molecule has 1 atom stereocenters. The molecule has 0 aromatic rings. The normalized spacial score (nSPS) is 11.8. The molecule has 0 spiro atoms. The molecule has 3 amide bonds. The minimum Gasteiger partial charge on any atom is -0.446 e. The van der Waals surface area contributed by atoms with Gasteiger partial charge in [0.25, 0.3) is 0 Å². The molecular formula is C6H12N2O3. The van der Waals surface area contributed by atoms with E-state index in [1.165, 1.54) is 0 Å². The van der Waals surface area contributed by atoms with Crippen LogP contribution >= 0.6 is 0 Å². The number of ether oxygens (including phenoxy) is 1. The van der Waals surface area contributed by atoms with Gasteiger partial charge in [-0.1, -0.05) is 6.92 Å². The standard InChI is InChI=1S/C6H12N2O3/c1-3-4(2)11-6(10)8-5(7)9/h4H,3H2,1-2H3,(H3,7,8,9,10). The first kappa shape index (κ1) is 9.74. The number of urea groups is 1. The molecule has 3 N–H and O–H groups in total. The summed E-state index contributed by atoms with van der Waals surface area (Å²) in [6.07, 6.45) is -0.298. The summed E-state index contributed by atoms with van der Waals surface area (Å²) in [6.45, 7) is 3.59. The third-order valence-corrected chi connectivity index (χ3v) is 1.11. The summed E-state index contributed by atoms with van der Waals surface area (Å²) in [7, 11) is 0. The number of hydrogen-bond acceptors (Lipinski definition) is 3. The SMILES string of the molecule is CCC(C)OC(=O)NC(N)=O. The van der Waals surface area contributed by atoms with Crippen LogP contribution in [-0.2, 0) is 4.74 Å². The summed E-state index contributed by atoms with van der Waals surface area (Å²) in [4.78, 5) is 20.7. The second kappa shape index (κ2) is 4.54. The van der Waals surface area contributed by atoms with Gasteiger partial charge >= 0.3 is 12.1 Å². The average molecular weight is 160 g/mol. The molecule has 0 aromatic heterocycles. The Kier molecular flexibility index (Phi) is 4.02. The van der Waals surface area contributed by atoms with E-state index in [4.69, 9.17) is 0 Å². The minimum absolute atomic E-state index is 0.200. The zero-order valence-electron chi connectivity index (χ0n) is 6.59. The van der Waals surface area contributed by atoms with E-state index in [1.807, 2.05) is 6.92 Å². The minimum atomic E-state index is -0.904. The molecule has 64 valence electrons. The van der Waals surface area contributed by atoms with Crippen molar-refractivity contribution in [3.8, 4) is 0 Å². The van der Waals surface area contributed by atoms with Gasteiger partial charge in [0.1, 0.15) is 6.10 Å². The molecule has 0 aliphatic heterocycles. The molecule has 0 aliphatic carbocycles. The van der Waals surface area contributed by atoms with Crippen molar-refractivity contribution in [2.45, 2.75) is 26.4 Å². The van der Waals surface area contributed by atoms with Gasteiger partial charge in [0.15, 0.2) is 0 Å². The number of carbonyl (C=O) groups is 2. The van der Waals surface area contributed by atoms with Crippen LogP contribution in [0.15, 0.2) is 0 Å². The molecule has 1 unspecified atom stereocenters. The van der Waals surface area contributed by atoms with Crippen LogP contribution in [0.1, 0.15) is 20.3 Å². The van der Waals surface area contributed by atoms with Crippen molar-refractivity contribution < 1.29 is 14.3 Å². The Labute approximate surface area is 64.9 Å². The van der Waals surface area contributed by atoms with Crippen molar-refractivity contribution in [1.82, 2.24) is 5.32 Å². The van der Waals surface area contributed by atoms with Gasteiger partial charge in [0, 0.05) is 0 Å². The maximum Gasteiger partial charge on any atom is 0.415 e. The Morgan fingerprint density at radius 1 is 1.64 bits per heavy atom. The highest BCUT2D eigenvalue weighted by Crippen LogP contribution is 1.94. The highest BCUT2D eigenvalue weighted by Gasteiger charge is 2.07. The van der Waals surface area contributed by atoms with Crippen LogP contribution in [0.5, 0.6) is 0 Å². The number of nitrogens with one attached hydrogen (secondary N) is 1. The van der Waals surface area contributed by atoms with E-state index in [-0.39, 0.29) is 6.10 Å². The lowest BCUT2D eigenvalue weighted by atomic mass is 10.3. The summed E-state index contributed by atoms with van der Waals surface area (Å²) in [6, 6.07) is -0.904. The summed E-state index contributed by atoms with van der Waals surface area (Å²) in [5, 5.41) is 1.79. The molecule has 0 bridgehead atoms. The quantitative estimate of drug-likeness (QED) is 0.620. The first-order valence-corrected chi connectivity index (χ1v) is 3.33. The van der Waals surface area contributed by atoms with Crippen molar-refractivity contribution in [3.05, 3.63) is 0 Å². The van der Waals surface area contributed by atoms with E-state index in [9.17, 15) is 9.59 Å². The van der Waals surface area contributed by atoms with Gasteiger partial charge < -0.3 is 10.5 Å². The Balaban J connectivity index is 3.60. The zero-order valence-corrected chi connectivity index (χ0v) is 6.59. The van der Waals surface area contributed by atoms with Crippen molar-refractivity contribution >= 4 is 12.1 Å². The summed E-state index contributed by atoms with van der Waals surface area (Å²) in [5.41, 5.74) is 4.66. The maximum atomic E-state index is 10.6. The molecule has 0 radical (unpaired) electrons.